The van der Waals surface area contributed by atoms with Crippen LogP contribution in [-0.2, 0) is 32.5 Å². The average Bonchev–Trinajstić information content (AvgIpc) is 2.85. The second kappa shape index (κ2) is 7.93. The molecule has 0 bridgehead atoms. The minimum Gasteiger partial charge on any atom is -0.481 e. The van der Waals surface area contributed by atoms with E-state index in [1.165, 1.54) is 12.1 Å². The van der Waals surface area contributed by atoms with Crippen molar-refractivity contribution in [3.8, 4) is 0 Å². The van der Waals surface area contributed by atoms with Crippen LogP contribution in [0.1, 0.15) is 33.6 Å². The van der Waals surface area contributed by atoms with Gasteiger partial charge in [-0.05, 0) is 31.0 Å². The summed E-state index contributed by atoms with van der Waals surface area (Å²) in [5, 5.41) is 17.5. The van der Waals surface area contributed by atoms with Crippen LogP contribution in [0.15, 0.2) is 29.2 Å². The second-order valence-corrected chi connectivity index (χ2v) is 7.94. The Morgan fingerprint density at radius 3 is 2.19 bits per heavy atom. The molecule has 2 N–H and O–H groups in total. The first-order valence-electron chi connectivity index (χ1n) is 7.72. The molecule has 0 fully saturated rings. The van der Waals surface area contributed by atoms with E-state index in [-0.39, 0.29) is 34.4 Å². The summed E-state index contributed by atoms with van der Waals surface area (Å²) in [6.45, 7) is 1.77. The molecule has 1 heterocycles. The third-order valence-electron chi connectivity index (χ3n) is 3.91. The highest BCUT2D eigenvalue weighted by molar-refractivity contribution is 7.90. The van der Waals surface area contributed by atoms with E-state index in [1.807, 2.05) is 0 Å². The normalized spacial score (nSPS) is 11.3. The third-order valence-corrected chi connectivity index (χ3v) is 6.13. The number of aryl methyl sites for hydroxylation is 1. The average molecular weight is 414 g/mol. The fourth-order valence-corrected chi connectivity index (χ4v) is 4.61. The molecule has 0 aliphatic carbocycles. The van der Waals surface area contributed by atoms with Crippen molar-refractivity contribution in [3.05, 3.63) is 51.8 Å². The fraction of sp³-hybridized carbons (Fsp3) is 0.235. The number of carboxylic acids is 2. The molecule has 0 spiro atoms. The molecule has 0 aliphatic rings. The Morgan fingerprint density at radius 1 is 1.11 bits per heavy atom. The van der Waals surface area contributed by atoms with E-state index >= 15 is 0 Å². The number of hydrogen-bond acceptors (Lipinski definition) is 5. The molecule has 144 valence electrons. The number of rotatable bonds is 8. The van der Waals surface area contributed by atoms with Gasteiger partial charge in [-0.3, -0.25) is 14.4 Å². The maximum atomic E-state index is 13.0. The highest BCUT2D eigenvalue weighted by Crippen LogP contribution is 2.32. The highest BCUT2D eigenvalue weighted by atomic mass is 35.5. The van der Waals surface area contributed by atoms with E-state index in [1.54, 1.807) is 19.1 Å². The topological polar surface area (TPSA) is 131 Å². The van der Waals surface area contributed by atoms with Gasteiger partial charge in [0.05, 0.1) is 11.3 Å². The van der Waals surface area contributed by atoms with Crippen molar-refractivity contribution in [2.75, 3.05) is 0 Å². The standard InChI is InChI=1S/C17H16ClNO7S/c1-10-2-4-11(5-3-10)27(25,26)19-14(9-20)12(6-7-15(21)22)13(17(19)18)8-16(23)24/h2-5,9H,6-8H2,1H3,(H,21,22)(H,23,24). The van der Waals surface area contributed by atoms with E-state index in [2.05, 4.69) is 0 Å². The summed E-state index contributed by atoms with van der Waals surface area (Å²) in [6, 6.07) is 5.80. The van der Waals surface area contributed by atoms with Gasteiger partial charge in [0.1, 0.15) is 10.8 Å². The molecular formula is C17H16ClNO7S. The maximum Gasteiger partial charge on any atom is 0.307 e. The summed E-state index contributed by atoms with van der Waals surface area (Å²) in [5.41, 5.74) is 0.341. The Labute approximate surface area is 160 Å². The molecule has 0 atom stereocenters. The predicted molar refractivity (Wildman–Crippen MR) is 95.9 cm³/mol. The summed E-state index contributed by atoms with van der Waals surface area (Å²) >= 11 is 6.15. The second-order valence-electron chi connectivity index (χ2n) is 5.80. The zero-order valence-electron chi connectivity index (χ0n) is 14.2. The number of halogens is 1. The van der Waals surface area contributed by atoms with Gasteiger partial charge in [0, 0.05) is 12.0 Å². The van der Waals surface area contributed by atoms with Crippen LogP contribution < -0.4 is 0 Å². The van der Waals surface area contributed by atoms with Gasteiger partial charge in [-0.2, -0.15) is 0 Å². The van der Waals surface area contributed by atoms with Crippen molar-refractivity contribution < 1.29 is 33.0 Å². The van der Waals surface area contributed by atoms with Crippen LogP contribution in [0, 0.1) is 6.92 Å². The van der Waals surface area contributed by atoms with Crippen LogP contribution in [-0.4, -0.2) is 40.8 Å². The first-order chi connectivity index (χ1) is 12.6. The van der Waals surface area contributed by atoms with Crippen LogP contribution >= 0.6 is 11.6 Å². The first kappa shape index (κ1) is 20.7. The Hall–Kier alpha value is -2.65. The maximum absolute atomic E-state index is 13.0. The molecule has 8 nitrogen and oxygen atoms in total. The largest absolute Gasteiger partial charge is 0.481 e. The number of aliphatic carboxylic acids is 2. The lowest BCUT2D eigenvalue weighted by molar-refractivity contribution is -0.137. The Morgan fingerprint density at radius 2 is 1.70 bits per heavy atom. The lowest BCUT2D eigenvalue weighted by Crippen LogP contribution is -2.16. The van der Waals surface area contributed by atoms with Crippen molar-refractivity contribution in [1.29, 1.82) is 0 Å². The number of benzene rings is 1. The fourth-order valence-electron chi connectivity index (χ4n) is 2.64. The van der Waals surface area contributed by atoms with Crippen LogP contribution in [0.2, 0.25) is 5.15 Å². The number of carbonyl (C=O) groups excluding carboxylic acids is 1. The number of aromatic nitrogens is 1. The SMILES string of the molecule is Cc1ccc(S(=O)(=O)n2c(Cl)c(CC(=O)O)c(CCC(=O)O)c2C=O)cc1. The molecule has 2 aromatic rings. The lowest BCUT2D eigenvalue weighted by atomic mass is 10.0. The molecule has 27 heavy (non-hydrogen) atoms. The quantitative estimate of drug-likeness (QED) is 0.634. The van der Waals surface area contributed by atoms with Gasteiger partial charge in [0.25, 0.3) is 10.0 Å². The van der Waals surface area contributed by atoms with Gasteiger partial charge in [-0.15, -0.1) is 0 Å². The number of carbonyl (C=O) groups is 3. The number of aldehydes is 1. The summed E-state index contributed by atoms with van der Waals surface area (Å²) in [4.78, 5) is 33.5. The molecule has 2 rings (SSSR count). The van der Waals surface area contributed by atoms with Crippen molar-refractivity contribution in [2.24, 2.45) is 0 Å². The lowest BCUT2D eigenvalue weighted by Gasteiger charge is -2.10. The van der Waals surface area contributed by atoms with Crippen molar-refractivity contribution in [1.82, 2.24) is 3.97 Å². The van der Waals surface area contributed by atoms with E-state index in [0.717, 1.165) is 5.56 Å². The van der Waals surface area contributed by atoms with Crippen molar-refractivity contribution >= 4 is 39.8 Å². The van der Waals surface area contributed by atoms with E-state index < -0.39 is 40.0 Å². The van der Waals surface area contributed by atoms with Gasteiger partial charge < -0.3 is 10.2 Å². The molecule has 10 heteroatoms. The van der Waals surface area contributed by atoms with Crippen LogP contribution in [0.25, 0.3) is 0 Å². The first-order valence-corrected chi connectivity index (χ1v) is 9.54. The molecular weight excluding hydrogens is 398 g/mol. The Kier molecular flexibility index (Phi) is 6.07. The molecule has 0 amide bonds. The smallest absolute Gasteiger partial charge is 0.307 e. The van der Waals surface area contributed by atoms with Crippen LogP contribution in [0.3, 0.4) is 0 Å². The Balaban J connectivity index is 2.75. The number of carboxylic acid groups (broad SMARTS) is 2. The molecule has 0 unspecified atom stereocenters. The van der Waals surface area contributed by atoms with Crippen LogP contribution in [0.5, 0.6) is 0 Å². The molecule has 0 radical (unpaired) electrons. The monoisotopic (exact) mass is 413 g/mol. The summed E-state index contributed by atoms with van der Waals surface area (Å²) in [6.07, 6.45) is -1.06. The molecule has 0 saturated heterocycles. The van der Waals surface area contributed by atoms with Gasteiger partial charge in [0.15, 0.2) is 6.29 Å². The summed E-state index contributed by atoms with van der Waals surface area (Å²) in [5.74, 6) is -2.48. The van der Waals surface area contributed by atoms with E-state index in [4.69, 9.17) is 21.8 Å². The minimum atomic E-state index is -4.29. The third kappa shape index (κ3) is 4.20. The molecule has 1 aromatic heterocycles. The highest BCUT2D eigenvalue weighted by Gasteiger charge is 2.30. The summed E-state index contributed by atoms with van der Waals surface area (Å²) in [7, 11) is -4.29. The van der Waals surface area contributed by atoms with Gasteiger partial charge in [-0.1, -0.05) is 29.3 Å². The van der Waals surface area contributed by atoms with E-state index in [9.17, 15) is 22.8 Å². The van der Waals surface area contributed by atoms with Crippen molar-refractivity contribution in [3.63, 3.8) is 0 Å². The van der Waals surface area contributed by atoms with Gasteiger partial charge in [0.2, 0.25) is 0 Å². The zero-order chi connectivity index (χ0) is 20.4. The number of hydrogen-bond donors (Lipinski definition) is 2. The molecule has 0 saturated carbocycles. The Bertz CT molecular complexity index is 1010. The van der Waals surface area contributed by atoms with Gasteiger partial charge in [-0.25, -0.2) is 12.4 Å². The van der Waals surface area contributed by atoms with Gasteiger partial charge >= 0.3 is 11.9 Å². The minimum absolute atomic E-state index is 0.00418. The predicted octanol–water partition coefficient (Wildman–Crippen LogP) is 2.14. The molecule has 1 aromatic carbocycles. The molecule has 0 aliphatic heterocycles. The van der Waals surface area contributed by atoms with Crippen molar-refractivity contribution in [2.45, 2.75) is 31.1 Å². The van der Waals surface area contributed by atoms with E-state index in [0.29, 0.717) is 3.97 Å². The van der Waals surface area contributed by atoms with Crippen LogP contribution in [0.4, 0.5) is 0 Å². The zero-order valence-corrected chi connectivity index (χ0v) is 15.7. The number of nitrogens with zero attached hydrogens (tertiary/aromatic N) is 1. The summed E-state index contributed by atoms with van der Waals surface area (Å²) < 4.78 is 26.6.